The van der Waals surface area contributed by atoms with Gasteiger partial charge in [0.1, 0.15) is 5.75 Å². The fourth-order valence-electron chi connectivity index (χ4n) is 2.48. The summed E-state index contributed by atoms with van der Waals surface area (Å²) in [6, 6.07) is 16.0. The number of hydrogen-bond acceptors (Lipinski definition) is 3. The van der Waals surface area contributed by atoms with Crippen LogP contribution in [0.2, 0.25) is 20.1 Å². The van der Waals surface area contributed by atoms with Crippen molar-refractivity contribution in [2.75, 3.05) is 17.2 Å². The fraction of sp³-hybridized carbons (Fsp3) is 0.0476. The van der Waals surface area contributed by atoms with Gasteiger partial charge in [-0.15, -0.1) is 0 Å². The van der Waals surface area contributed by atoms with Gasteiger partial charge in [0, 0.05) is 21.4 Å². The first-order chi connectivity index (χ1) is 14.3. The number of anilines is 2. The summed E-state index contributed by atoms with van der Waals surface area (Å²) >= 11 is 23.8. The van der Waals surface area contributed by atoms with Crippen LogP contribution in [0.3, 0.4) is 0 Å². The zero-order valence-electron chi connectivity index (χ0n) is 15.2. The van der Waals surface area contributed by atoms with Crippen LogP contribution in [0.1, 0.15) is 10.4 Å². The standard InChI is InChI=1S/C21H14Cl4N2O3/c22-12-4-6-16(17(24)8-12)21(29)27-15-3-1-2-14(10-15)26-20(28)11-30-19-7-5-13(23)9-18(19)25/h1-10H,11H2,(H,26,28)(H,27,29). The van der Waals surface area contributed by atoms with Crippen molar-refractivity contribution >= 4 is 69.6 Å². The SMILES string of the molecule is O=C(COc1ccc(Cl)cc1Cl)Nc1cccc(NC(=O)c2ccc(Cl)cc2Cl)c1. The maximum absolute atomic E-state index is 12.4. The molecule has 0 aliphatic heterocycles. The number of amides is 2. The molecule has 2 N–H and O–H groups in total. The van der Waals surface area contributed by atoms with Crippen molar-refractivity contribution in [3.8, 4) is 5.75 Å². The molecule has 0 saturated heterocycles. The van der Waals surface area contributed by atoms with Gasteiger partial charge in [0.2, 0.25) is 0 Å². The average Bonchev–Trinajstić information content (AvgIpc) is 2.67. The van der Waals surface area contributed by atoms with Crippen LogP contribution in [-0.2, 0) is 4.79 Å². The van der Waals surface area contributed by atoms with Gasteiger partial charge in [0.15, 0.2) is 6.61 Å². The van der Waals surface area contributed by atoms with Crippen LogP contribution in [0.15, 0.2) is 60.7 Å². The van der Waals surface area contributed by atoms with Gasteiger partial charge in [-0.2, -0.15) is 0 Å². The molecule has 9 heteroatoms. The topological polar surface area (TPSA) is 67.4 Å². The average molecular weight is 484 g/mol. The summed E-state index contributed by atoms with van der Waals surface area (Å²) in [6.07, 6.45) is 0. The van der Waals surface area contributed by atoms with E-state index in [9.17, 15) is 9.59 Å². The molecule has 3 rings (SSSR count). The summed E-state index contributed by atoms with van der Waals surface area (Å²) in [5.74, 6) is -0.455. The number of benzene rings is 3. The van der Waals surface area contributed by atoms with Crippen LogP contribution in [0.25, 0.3) is 0 Å². The summed E-state index contributed by atoms with van der Waals surface area (Å²) in [6.45, 7) is -0.252. The quantitative estimate of drug-likeness (QED) is 0.416. The lowest BCUT2D eigenvalue weighted by atomic mass is 10.2. The van der Waals surface area contributed by atoms with Crippen molar-refractivity contribution in [3.05, 3.63) is 86.3 Å². The highest BCUT2D eigenvalue weighted by Gasteiger charge is 2.12. The van der Waals surface area contributed by atoms with Gasteiger partial charge in [-0.3, -0.25) is 9.59 Å². The van der Waals surface area contributed by atoms with Gasteiger partial charge in [-0.05, 0) is 54.6 Å². The molecule has 154 valence electrons. The van der Waals surface area contributed by atoms with Crippen molar-refractivity contribution in [1.29, 1.82) is 0 Å². The van der Waals surface area contributed by atoms with E-state index in [1.807, 2.05) is 0 Å². The third-order valence-corrected chi connectivity index (χ3v) is 4.91. The minimum Gasteiger partial charge on any atom is -0.482 e. The molecular weight excluding hydrogens is 470 g/mol. The van der Waals surface area contributed by atoms with Gasteiger partial charge in [-0.25, -0.2) is 0 Å². The van der Waals surface area contributed by atoms with E-state index in [1.54, 1.807) is 42.5 Å². The van der Waals surface area contributed by atoms with E-state index in [4.69, 9.17) is 51.1 Å². The van der Waals surface area contributed by atoms with Gasteiger partial charge in [0.25, 0.3) is 11.8 Å². The number of hydrogen-bond donors (Lipinski definition) is 2. The van der Waals surface area contributed by atoms with Crippen LogP contribution < -0.4 is 15.4 Å². The normalized spacial score (nSPS) is 10.4. The number of halogens is 4. The molecule has 0 saturated carbocycles. The van der Waals surface area contributed by atoms with Gasteiger partial charge >= 0.3 is 0 Å². The predicted molar refractivity (Wildman–Crippen MR) is 121 cm³/mol. The Kier molecular flexibility index (Phi) is 7.45. The summed E-state index contributed by atoms with van der Waals surface area (Å²) in [7, 11) is 0. The van der Waals surface area contributed by atoms with Gasteiger partial charge < -0.3 is 15.4 Å². The zero-order valence-corrected chi connectivity index (χ0v) is 18.2. The molecule has 5 nitrogen and oxygen atoms in total. The van der Waals surface area contributed by atoms with E-state index in [-0.39, 0.29) is 17.2 Å². The zero-order chi connectivity index (χ0) is 21.7. The molecule has 2 amide bonds. The van der Waals surface area contributed by atoms with Crippen LogP contribution in [0, 0.1) is 0 Å². The Hall–Kier alpha value is -2.44. The van der Waals surface area contributed by atoms with E-state index < -0.39 is 11.8 Å². The number of nitrogens with one attached hydrogen (secondary N) is 2. The molecule has 0 aromatic heterocycles. The molecule has 0 unspecified atom stereocenters. The second-order valence-corrected chi connectivity index (χ2v) is 7.76. The van der Waals surface area contributed by atoms with Gasteiger partial charge in [0.05, 0.1) is 15.6 Å². The minimum absolute atomic E-state index is 0.238. The number of ether oxygens (including phenoxy) is 1. The Labute approximate surface area is 192 Å². The third-order valence-electron chi connectivity index (χ3n) is 3.83. The Morgan fingerprint density at radius 3 is 2.07 bits per heavy atom. The Bertz CT molecular complexity index is 1110. The Morgan fingerprint density at radius 1 is 0.767 bits per heavy atom. The second-order valence-electron chi connectivity index (χ2n) is 6.07. The maximum Gasteiger partial charge on any atom is 0.262 e. The van der Waals surface area contributed by atoms with E-state index in [0.717, 1.165) is 0 Å². The molecule has 3 aromatic carbocycles. The first kappa shape index (κ1) is 22.2. The van der Waals surface area contributed by atoms with E-state index in [2.05, 4.69) is 10.6 Å². The highest BCUT2D eigenvalue weighted by Crippen LogP contribution is 2.27. The lowest BCUT2D eigenvalue weighted by Crippen LogP contribution is -2.20. The molecule has 0 spiro atoms. The van der Waals surface area contributed by atoms with Crippen molar-refractivity contribution < 1.29 is 14.3 Å². The highest BCUT2D eigenvalue weighted by atomic mass is 35.5. The summed E-state index contributed by atoms with van der Waals surface area (Å²) in [4.78, 5) is 24.6. The Balaban J connectivity index is 1.60. The summed E-state index contributed by atoms with van der Waals surface area (Å²) in [5.41, 5.74) is 1.24. The van der Waals surface area contributed by atoms with Crippen molar-refractivity contribution in [2.45, 2.75) is 0 Å². The fourth-order valence-corrected chi connectivity index (χ4v) is 3.44. The molecule has 0 aliphatic rings. The first-order valence-corrected chi connectivity index (χ1v) is 10.1. The van der Waals surface area contributed by atoms with E-state index in [1.165, 1.54) is 18.2 Å². The van der Waals surface area contributed by atoms with Crippen LogP contribution in [0.5, 0.6) is 5.75 Å². The molecule has 0 fully saturated rings. The lowest BCUT2D eigenvalue weighted by molar-refractivity contribution is -0.118. The largest absolute Gasteiger partial charge is 0.482 e. The third kappa shape index (κ3) is 6.03. The summed E-state index contributed by atoms with van der Waals surface area (Å²) < 4.78 is 5.40. The minimum atomic E-state index is -0.402. The van der Waals surface area contributed by atoms with Crippen molar-refractivity contribution in [3.63, 3.8) is 0 Å². The van der Waals surface area contributed by atoms with Crippen LogP contribution >= 0.6 is 46.4 Å². The molecule has 3 aromatic rings. The molecule has 0 heterocycles. The van der Waals surface area contributed by atoms with E-state index >= 15 is 0 Å². The molecule has 0 radical (unpaired) electrons. The summed E-state index contributed by atoms with van der Waals surface area (Å²) in [5, 5.41) is 6.86. The Morgan fingerprint density at radius 2 is 1.40 bits per heavy atom. The molecular formula is C21H14Cl4N2O3. The van der Waals surface area contributed by atoms with Crippen LogP contribution in [-0.4, -0.2) is 18.4 Å². The first-order valence-electron chi connectivity index (χ1n) is 8.56. The van der Waals surface area contributed by atoms with Crippen molar-refractivity contribution in [2.24, 2.45) is 0 Å². The number of rotatable bonds is 6. The molecule has 0 bridgehead atoms. The number of carbonyl (C=O) groups is 2. The van der Waals surface area contributed by atoms with Crippen LogP contribution in [0.4, 0.5) is 11.4 Å². The molecule has 30 heavy (non-hydrogen) atoms. The van der Waals surface area contributed by atoms with E-state index in [0.29, 0.717) is 32.2 Å². The van der Waals surface area contributed by atoms with Crippen molar-refractivity contribution in [1.82, 2.24) is 0 Å². The molecule has 0 atom stereocenters. The maximum atomic E-state index is 12.4. The smallest absolute Gasteiger partial charge is 0.262 e. The lowest BCUT2D eigenvalue weighted by Gasteiger charge is -2.11. The molecule has 0 aliphatic carbocycles. The number of carbonyl (C=O) groups excluding carboxylic acids is 2. The van der Waals surface area contributed by atoms with Gasteiger partial charge in [-0.1, -0.05) is 52.5 Å². The monoisotopic (exact) mass is 482 g/mol. The second kappa shape index (κ2) is 10.0. The highest BCUT2D eigenvalue weighted by molar-refractivity contribution is 6.37. The predicted octanol–water partition coefficient (Wildman–Crippen LogP) is 6.57.